The number of hydrazone groups is 1. The Kier molecular flexibility index (Phi) is 5.70. The first-order valence-corrected chi connectivity index (χ1v) is 9.37. The molecule has 1 aromatic heterocycles. The van der Waals surface area contributed by atoms with Crippen molar-refractivity contribution in [1.29, 1.82) is 0 Å². The van der Waals surface area contributed by atoms with E-state index in [2.05, 4.69) is 10.5 Å². The van der Waals surface area contributed by atoms with Crippen LogP contribution in [0, 0.1) is 10.1 Å². The van der Waals surface area contributed by atoms with Crippen molar-refractivity contribution in [1.82, 2.24) is 5.43 Å². The van der Waals surface area contributed by atoms with Crippen molar-refractivity contribution in [3.63, 3.8) is 0 Å². The zero-order valence-electron chi connectivity index (χ0n) is 16.2. The summed E-state index contributed by atoms with van der Waals surface area (Å²) in [5.74, 6) is 1.01. The number of rotatable bonds is 7. The minimum absolute atomic E-state index is 0.0252. The lowest BCUT2D eigenvalue weighted by atomic mass is 10.1. The summed E-state index contributed by atoms with van der Waals surface area (Å²) < 4.78 is 11.1. The topological polar surface area (TPSA) is 107 Å². The molecule has 0 bridgehead atoms. The molecule has 0 saturated heterocycles. The zero-order valence-corrected chi connectivity index (χ0v) is 16.2. The number of ether oxygens (including phenoxy) is 1. The monoisotopic (exact) mass is 415 g/mol. The average molecular weight is 415 g/mol. The van der Waals surface area contributed by atoms with E-state index in [1.807, 2.05) is 36.4 Å². The Bertz CT molecular complexity index is 1280. The number of carbonyl (C=O) groups excluding carboxylic acids is 1. The van der Waals surface area contributed by atoms with E-state index < -0.39 is 10.8 Å². The fourth-order valence-electron chi connectivity index (χ4n) is 2.96. The van der Waals surface area contributed by atoms with E-state index in [9.17, 15) is 14.9 Å². The number of nitro benzene ring substituents is 1. The van der Waals surface area contributed by atoms with Gasteiger partial charge in [0.1, 0.15) is 17.3 Å². The number of furan rings is 1. The Balaban J connectivity index is 1.31. The van der Waals surface area contributed by atoms with Gasteiger partial charge in [-0.25, -0.2) is 5.43 Å². The Morgan fingerprint density at radius 2 is 1.87 bits per heavy atom. The predicted molar refractivity (Wildman–Crippen MR) is 116 cm³/mol. The van der Waals surface area contributed by atoms with E-state index in [4.69, 9.17) is 9.15 Å². The summed E-state index contributed by atoms with van der Waals surface area (Å²) in [6, 6.07) is 22.9. The quantitative estimate of drug-likeness (QED) is 0.271. The summed E-state index contributed by atoms with van der Waals surface area (Å²) in [7, 11) is 0. The van der Waals surface area contributed by atoms with Gasteiger partial charge in [0.05, 0.1) is 11.1 Å². The van der Waals surface area contributed by atoms with Gasteiger partial charge in [0, 0.05) is 17.7 Å². The highest BCUT2D eigenvalue weighted by Gasteiger charge is 2.10. The Morgan fingerprint density at radius 3 is 2.71 bits per heavy atom. The van der Waals surface area contributed by atoms with E-state index in [0.29, 0.717) is 22.8 Å². The number of amides is 1. The highest BCUT2D eigenvalue weighted by molar-refractivity contribution is 5.84. The molecule has 1 heterocycles. The van der Waals surface area contributed by atoms with Crippen molar-refractivity contribution in [2.45, 2.75) is 0 Å². The second-order valence-electron chi connectivity index (χ2n) is 6.60. The largest absolute Gasteiger partial charge is 0.484 e. The summed E-state index contributed by atoms with van der Waals surface area (Å²) in [6.07, 6.45) is 1.34. The van der Waals surface area contributed by atoms with Crippen LogP contribution in [0.5, 0.6) is 5.75 Å². The van der Waals surface area contributed by atoms with Crippen molar-refractivity contribution in [2.75, 3.05) is 6.61 Å². The zero-order chi connectivity index (χ0) is 21.6. The van der Waals surface area contributed by atoms with Crippen LogP contribution < -0.4 is 10.2 Å². The molecule has 0 fully saturated rings. The molecule has 0 spiro atoms. The van der Waals surface area contributed by atoms with Crippen LogP contribution in [-0.4, -0.2) is 23.7 Å². The third-order valence-electron chi connectivity index (χ3n) is 4.44. The summed E-state index contributed by atoms with van der Waals surface area (Å²) in [6.45, 7) is -0.188. The van der Waals surface area contributed by atoms with Gasteiger partial charge >= 0.3 is 0 Å². The van der Waals surface area contributed by atoms with Crippen LogP contribution in [0.25, 0.3) is 22.1 Å². The smallest absolute Gasteiger partial charge is 0.277 e. The molecule has 154 valence electrons. The van der Waals surface area contributed by atoms with Crippen molar-refractivity contribution < 1.29 is 18.9 Å². The molecule has 0 aliphatic carbocycles. The van der Waals surface area contributed by atoms with Crippen molar-refractivity contribution in [3.05, 3.63) is 94.7 Å². The molecule has 4 rings (SSSR count). The van der Waals surface area contributed by atoms with Crippen molar-refractivity contribution in [3.8, 4) is 17.1 Å². The van der Waals surface area contributed by atoms with Crippen LogP contribution in [0.4, 0.5) is 5.69 Å². The minimum Gasteiger partial charge on any atom is -0.484 e. The molecule has 8 heteroatoms. The Labute approximate surface area is 176 Å². The maximum Gasteiger partial charge on any atom is 0.277 e. The van der Waals surface area contributed by atoms with Crippen molar-refractivity contribution in [2.24, 2.45) is 5.10 Å². The second-order valence-corrected chi connectivity index (χ2v) is 6.60. The van der Waals surface area contributed by atoms with Gasteiger partial charge < -0.3 is 9.15 Å². The third kappa shape index (κ3) is 4.94. The molecule has 1 amide bonds. The number of nitro groups is 1. The number of nitrogens with one attached hydrogen (secondary N) is 1. The fraction of sp³-hybridized carbons (Fsp3) is 0.0435. The average Bonchev–Trinajstić information content (AvgIpc) is 3.26. The maximum atomic E-state index is 12.0. The number of nitrogens with zero attached hydrogens (tertiary/aromatic N) is 2. The van der Waals surface area contributed by atoms with Gasteiger partial charge in [0.2, 0.25) is 0 Å². The number of fused-ring (bicyclic) bond motifs is 1. The lowest BCUT2D eigenvalue weighted by Gasteiger charge is -2.06. The van der Waals surface area contributed by atoms with Gasteiger partial charge in [-0.2, -0.15) is 5.10 Å². The fourth-order valence-corrected chi connectivity index (χ4v) is 2.96. The van der Waals surface area contributed by atoms with E-state index in [-0.39, 0.29) is 12.3 Å². The highest BCUT2D eigenvalue weighted by Crippen LogP contribution is 2.25. The SMILES string of the molecule is O=C(COc1ccc2ccccc2c1)N/N=C\c1ccc(-c2cccc([N+](=O)[O-])c2)o1. The van der Waals surface area contributed by atoms with Gasteiger partial charge in [-0.1, -0.05) is 42.5 Å². The van der Waals surface area contributed by atoms with Crippen LogP contribution in [0.15, 0.2) is 88.4 Å². The van der Waals surface area contributed by atoms with Crippen LogP contribution in [0.2, 0.25) is 0 Å². The normalized spacial score (nSPS) is 11.0. The molecule has 0 atom stereocenters. The van der Waals surface area contributed by atoms with Crippen LogP contribution >= 0.6 is 0 Å². The van der Waals surface area contributed by atoms with E-state index >= 15 is 0 Å². The number of carbonyl (C=O) groups is 1. The predicted octanol–water partition coefficient (Wildman–Crippen LogP) is 4.54. The number of benzene rings is 3. The molecule has 1 N–H and O–H groups in total. The first-order chi connectivity index (χ1) is 15.1. The lowest BCUT2D eigenvalue weighted by molar-refractivity contribution is -0.384. The Morgan fingerprint density at radius 1 is 1.03 bits per heavy atom. The minimum atomic E-state index is -0.468. The molecule has 0 aliphatic heterocycles. The van der Waals surface area contributed by atoms with Gasteiger partial charge in [-0.3, -0.25) is 14.9 Å². The van der Waals surface area contributed by atoms with E-state index in [1.165, 1.54) is 18.3 Å². The van der Waals surface area contributed by atoms with Gasteiger partial charge in [-0.15, -0.1) is 0 Å². The van der Waals surface area contributed by atoms with Gasteiger partial charge in [-0.05, 0) is 35.0 Å². The van der Waals surface area contributed by atoms with E-state index in [0.717, 1.165) is 10.8 Å². The molecule has 0 radical (unpaired) electrons. The standard InChI is InChI=1S/C23H17N3O5/c27-23(15-30-20-9-8-16-4-1-2-5-17(16)13-20)25-24-14-21-10-11-22(31-21)18-6-3-7-19(12-18)26(28)29/h1-14H,15H2,(H,25,27)/b24-14-. The molecule has 4 aromatic rings. The molecule has 3 aromatic carbocycles. The molecular formula is C23H17N3O5. The molecule has 0 unspecified atom stereocenters. The molecule has 0 aliphatic rings. The molecular weight excluding hydrogens is 398 g/mol. The number of hydrogen-bond donors (Lipinski definition) is 1. The highest BCUT2D eigenvalue weighted by atomic mass is 16.6. The van der Waals surface area contributed by atoms with Gasteiger partial charge in [0.25, 0.3) is 11.6 Å². The first-order valence-electron chi connectivity index (χ1n) is 9.37. The van der Waals surface area contributed by atoms with Crippen LogP contribution in [0.1, 0.15) is 5.76 Å². The molecule has 8 nitrogen and oxygen atoms in total. The Hall–Kier alpha value is -4.46. The maximum absolute atomic E-state index is 12.0. The van der Waals surface area contributed by atoms with Crippen molar-refractivity contribution >= 4 is 28.6 Å². The summed E-state index contributed by atoms with van der Waals surface area (Å²) in [4.78, 5) is 22.4. The van der Waals surface area contributed by atoms with E-state index in [1.54, 1.807) is 30.3 Å². The number of non-ortho nitro benzene ring substituents is 1. The molecule has 0 saturated carbocycles. The van der Waals surface area contributed by atoms with Crippen LogP contribution in [-0.2, 0) is 4.79 Å². The first kappa shape index (κ1) is 19.8. The van der Waals surface area contributed by atoms with Gasteiger partial charge in [0.15, 0.2) is 6.61 Å². The molecule has 31 heavy (non-hydrogen) atoms. The lowest BCUT2D eigenvalue weighted by Crippen LogP contribution is -2.24. The summed E-state index contributed by atoms with van der Waals surface area (Å²) >= 11 is 0. The third-order valence-corrected chi connectivity index (χ3v) is 4.44. The number of hydrogen-bond acceptors (Lipinski definition) is 6. The second kappa shape index (κ2) is 8.91. The van der Waals surface area contributed by atoms with Crippen LogP contribution in [0.3, 0.4) is 0 Å². The summed E-state index contributed by atoms with van der Waals surface area (Å²) in [5.41, 5.74) is 2.91. The summed E-state index contributed by atoms with van der Waals surface area (Å²) in [5, 5.41) is 16.9.